The molecule has 9 nitrogen and oxygen atoms in total. The topological polar surface area (TPSA) is 149 Å². The zero-order chi connectivity index (χ0) is 21.7. The van der Waals surface area contributed by atoms with Crippen molar-refractivity contribution in [3.8, 4) is 0 Å². The first kappa shape index (κ1) is 21.8. The van der Waals surface area contributed by atoms with Crippen LogP contribution in [-0.2, 0) is 20.9 Å². The molecule has 3 rings (SSSR count). The number of aliphatic carboxylic acids is 1. The molecule has 162 valence electrons. The number of nitrogens with one attached hydrogen (secondary N) is 3. The SMILES string of the molecule is N=C(N)c1ccc(CNC(=O)[C@@H]2CCN2C(=O)[C@H](NCC(=O)O)C2CCCC2)cc1. The Bertz CT molecular complexity index is 804. The molecular weight excluding hydrogens is 386 g/mol. The molecule has 2 amide bonds. The largest absolute Gasteiger partial charge is 0.480 e. The number of carbonyl (C=O) groups excluding carboxylic acids is 2. The summed E-state index contributed by atoms with van der Waals surface area (Å²) in [4.78, 5) is 38.2. The molecule has 0 unspecified atom stereocenters. The number of rotatable bonds is 9. The number of carbonyl (C=O) groups is 3. The number of nitrogen functional groups attached to an aromatic ring is 1. The molecule has 1 saturated heterocycles. The lowest BCUT2D eigenvalue weighted by Gasteiger charge is -2.42. The van der Waals surface area contributed by atoms with Gasteiger partial charge in [0.2, 0.25) is 11.8 Å². The van der Waals surface area contributed by atoms with Gasteiger partial charge in [-0.15, -0.1) is 0 Å². The molecule has 0 radical (unpaired) electrons. The molecule has 2 fully saturated rings. The van der Waals surface area contributed by atoms with Crippen LogP contribution in [0.4, 0.5) is 0 Å². The van der Waals surface area contributed by atoms with Gasteiger partial charge < -0.3 is 21.1 Å². The van der Waals surface area contributed by atoms with E-state index >= 15 is 0 Å². The molecule has 0 bridgehead atoms. The number of hydrogen-bond donors (Lipinski definition) is 5. The zero-order valence-corrected chi connectivity index (χ0v) is 16.9. The van der Waals surface area contributed by atoms with Crippen LogP contribution in [0.25, 0.3) is 0 Å². The molecule has 0 aromatic heterocycles. The van der Waals surface area contributed by atoms with Gasteiger partial charge in [-0.1, -0.05) is 37.1 Å². The molecule has 1 aliphatic carbocycles. The number of amides is 2. The second-order valence-electron chi connectivity index (χ2n) is 7.96. The Morgan fingerprint density at radius 1 is 1.17 bits per heavy atom. The lowest BCUT2D eigenvalue weighted by Crippen LogP contribution is -2.63. The van der Waals surface area contributed by atoms with Crippen molar-refractivity contribution in [3.05, 3.63) is 35.4 Å². The van der Waals surface area contributed by atoms with E-state index < -0.39 is 18.1 Å². The molecule has 1 aliphatic heterocycles. The molecular formula is C21H29N5O4. The Kier molecular flexibility index (Phi) is 7.04. The summed E-state index contributed by atoms with van der Waals surface area (Å²) in [6.07, 6.45) is 4.45. The maximum Gasteiger partial charge on any atom is 0.317 e. The van der Waals surface area contributed by atoms with Gasteiger partial charge in [0.05, 0.1) is 12.6 Å². The Balaban J connectivity index is 1.57. The number of nitrogens with two attached hydrogens (primary N) is 1. The fraction of sp³-hybridized carbons (Fsp3) is 0.524. The smallest absolute Gasteiger partial charge is 0.317 e. The summed E-state index contributed by atoms with van der Waals surface area (Å²) < 4.78 is 0. The monoisotopic (exact) mass is 415 g/mol. The van der Waals surface area contributed by atoms with E-state index in [9.17, 15) is 14.4 Å². The van der Waals surface area contributed by atoms with Crippen molar-refractivity contribution in [2.75, 3.05) is 13.1 Å². The number of benzene rings is 1. The number of nitrogens with zero attached hydrogens (tertiary/aromatic N) is 1. The minimum atomic E-state index is -1.00. The van der Waals surface area contributed by atoms with Crippen LogP contribution in [0.5, 0.6) is 0 Å². The Hall–Kier alpha value is -2.94. The zero-order valence-electron chi connectivity index (χ0n) is 16.9. The van der Waals surface area contributed by atoms with Gasteiger partial charge in [0.1, 0.15) is 11.9 Å². The maximum absolute atomic E-state index is 13.1. The number of carboxylic acid groups (broad SMARTS) is 1. The minimum absolute atomic E-state index is 0.0115. The summed E-state index contributed by atoms with van der Waals surface area (Å²) in [7, 11) is 0. The first-order valence-electron chi connectivity index (χ1n) is 10.3. The average molecular weight is 415 g/mol. The molecule has 9 heteroatoms. The molecule has 1 heterocycles. The summed E-state index contributed by atoms with van der Waals surface area (Å²) in [6, 6.07) is 5.97. The van der Waals surface area contributed by atoms with Crippen LogP contribution in [0.2, 0.25) is 0 Å². The lowest BCUT2D eigenvalue weighted by atomic mass is 9.93. The fourth-order valence-electron chi connectivity index (χ4n) is 4.16. The van der Waals surface area contributed by atoms with Crippen LogP contribution in [0, 0.1) is 11.3 Å². The van der Waals surface area contributed by atoms with Gasteiger partial charge in [0.25, 0.3) is 0 Å². The number of hydrogen-bond acceptors (Lipinski definition) is 5. The van der Waals surface area contributed by atoms with Crippen molar-refractivity contribution in [3.63, 3.8) is 0 Å². The Morgan fingerprint density at radius 2 is 1.83 bits per heavy atom. The van der Waals surface area contributed by atoms with Gasteiger partial charge in [-0.25, -0.2) is 0 Å². The van der Waals surface area contributed by atoms with Crippen molar-refractivity contribution in [2.24, 2.45) is 11.7 Å². The van der Waals surface area contributed by atoms with E-state index in [0.717, 1.165) is 31.2 Å². The van der Waals surface area contributed by atoms with Gasteiger partial charge in [-0.3, -0.25) is 25.1 Å². The van der Waals surface area contributed by atoms with Crippen LogP contribution in [0.15, 0.2) is 24.3 Å². The summed E-state index contributed by atoms with van der Waals surface area (Å²) in [6.45, 7) is 0.551. The third-order valence-electron chi connectivity index (χ3n) is 5.95. The van der Waals surface area contributed by atoms with E-state index in [1.807, 2.05) is 0 Å². The first-order chi connectivity index (χ1) is 14.4. The van der Waals surface area contributed by atoms with Gasteiger partial charge in [-0.05, 0) is 30.7 Å². The number of likely N-dealkylation sites (tertiary alicyclic amines) is 1. The summed E-state index contributed by atoms with van der Waals surface area (Å²) >= 11 is 0. The van der Waals surface area contributed by atoms with E-state index in [1.54, 1.807) is 29.2 Å². The van der Waals surface area contributed by atoms with Crippen molar-refractivity contribution in [1.82, 2.24) is 15.5 Å². The Labute approximate surface area is 175 Å². The van der Waals surface area contributed by atoms with E-state index in [0.29, 0.717) is 25.1 Å². The third kappa shape index (κ3) is 5.15. The second-order valence-corrected chi connectivity index (χ2v) is 7.96. The Morgan fingerprint density at radius 3 is 2.37 bits per heavy atom. The molecule has 2 atom stereocenters. The minimum Gasteiger partial charge on any atom is -0.480 e. The quantitative estimate of drug-likeness (QED) is 0.292. The van der Waals surface area contributed by atoms with Crippen LogP contribution in [0.1, 0.15) is 43.2 Å². The first-order valence-corrected chi connectivity index (χ1v) is 10.3. The average Bonchev–Trinajstić information content (AvgIpc) is 3.20. The van der Waals surface area contributed by atoms with Crippen LogP contribution in [-0.4, -0.2) is 58.8 Å². The molecule has 1 aromatic rings. The molecule has 0 spiro atoms. The molecule has 1 aromatic carbocycles. The summed E-state index contributed by atoms with van der Waals surface area (Å²) in [5.74, 6) is -1.29. The van der Waals surface area contributed by atoms with E-state index in [2.05, 4.69) is 10.6 Å². The number of amidine groups is 1. The highest BCUT2D eigenvalue weighted by Crippen LogP contribution is 2.30. The van der Waals surface area contributed by atoms with Gasteiger partial charge in [0.15, 0.2) is 0 Å². The lowest BCUT2D eigenvalue weighted by molar-refractivity contribution is -0.150. The molecule has 6 N–H and O–H groups in total. The van der Waals surface area contributed by atoms with Gasteiger partial charge >= 0.3 is 5.97 Å². The highest BCUT2D eigenvalue weighted by molar-refractivity contribution is 5.95. The predicted molar refractivity (Wildman–Crippen MR) is 111 cm³/mol. The number of carboxylic acids is 1. The maximum atomic E-state index is 13.1. The second kappa shape index (κ2) is 9.71. The van der Waals surface area contributed by atoms with Crippen molar-refractivity contribution in [2.45, 2.75) is 50.7 Å². The van der Waals surface area contributed by atoms with Gasteiger partial charge in [-0.2, -0.15) is 0 Å². The highest BCUT2D eigenvalue weighted by Gasteiger charge is 2.42. The van der Waals surface area contributed by atoms with Crippen LogP contribution >= 0.6 is 0 Å². The highest BCUT2D eigenvalue weighted by atomic mass is 16.4. The van der Waals surface area contributed by atoms with Crippen LogP contribution in [0.3, 0.4) is 0 Å². The molecule has 30 heavy (non-hydrogen) atoms. The molecule has 2 aliphatic rings. The van der Waals surface area contributed by atoms with E-state index in [4.69, 9.17) is 16.2 Å². The van der Waals surface area contributed by atoms with Crippen LogP contribution < -0.4 is 16.4 Å². The standard InChI is InChI=1S/C21H29N5O4/c22-19(23)15-7-5-13(6-8-15)11-25-20(29)16-9-10-26(16)21(30)18(24-12-17(27)28)14-3-1-2-4-14/h5-8,14,16,18,24H,1-4,9-12H2,(H3,22,23)(H,25,29)(H,27,28)/t16-,18+/m0/s1. The van der Waals surface area contributed by atoms with Crippen molar-refractivity contribution >= 4 is 23.6 Å². The van der Waals surface area contributed by atoms with E-state index in [1.165, 1.54) is 0 Å². The predicted octanol–water partition coefficient (Wildman–Crippen LogP) is 0.421. The fourth-order valence-corrected chi connectivity index (χ4v) is 4.16. The third-order valence-corrected chi connectivity index (χ3v) is 5.95. The normalized spacial score (nSPS) is 19.7. The van der Waals surface area contributed by atoms with Crippen molar-refractivity contribution < 1.29 is 19.5 Å². The summed E-state index contributed by atoms with van der Waals surface area (Å²) in [5.41, 5.74) is 6.93. The molecule has 1 saturated carbocycles. The van der Waals surface area contributed by atoms with Gasteiger partial charge in [0, 0.05) is 18.7 Å². The summed E-state index contributed by atoms with van der Waals surface area (Å²) in [5, 5.41) is 22.2. The van der Waals surface area contributed by atoms with Crippen molar-refractivity contribution in [1.29, 1.82) is 5.41 Å². The van der Waals surface area contributed by atoms with E-state index in [-0.39, 0.29) is 30.1 Å².